The van der Waals surface area contributed by atoms with Gasteiger partial charge in [0.15, 0.2) is 6.29 Å². The molecule has 16 heavy (non-hydrogen) atoms. The summed E-state index contributed by atoms with van der Waals surface area (Å²) < 4.78 is 0. The Morgan fingerprint density at radius 2 is 2.50 bits per heavy atom. The van der Waals surface area contributed by atoms with Gasteiger partial charge in [-0.15, -0.1) is 6.42 Å². The van der Waals surface area contributed by atoms with Crippen molar-refractivity contribution in [2.24, 2.45) is 10.7 Å². The minimum atomic E-state index is -0.408. The summed E-state index contributed by atoms with van der Waals surface area (Å²) in [6.07, 6.45) is 8.76. The van der Waals surface area contributed by atoms with Crippen molar-refractivity contribution in [2.45, 2.75) is 12.5 Å². The number of aliphatic imine (C=N–C) groups is 1. The third-order valence-electron chi connectivity index (χ3n) is 1.84. The standard InChI is InChI=1S/C12H9ClN2O/c1-2-6-15-12-10(13)7-9(8-16)4-3-5-11(12)14/h1,6-8,11H,5,14H2/b9-7+,12-10-,15-6?. The van der Waals surface area contributed by atoms with Crippen LogP contribution in [0.3, 0.4) is 0 Å². The molecule has 0 aromatic carbocycles. The van der Waals surface area contributed by atoms with E-state index in [1.807, 2.05) is 0 Å². The third-order valence-corrected chi connectivity index (χ3v) is 2.14. The molecule has 3 nitrogen and oxygen atoms in total. The lowest BCUT2D eigenvalue weighted by molar-refractivity contribution is -0.104. The Kier molecular flexibility index (Phi) is 4.54. The van der Waals surface area contributed by atoms with E-state index in [2.05, 4.69) is 22.8 Å². The normalized spacial score (nSPS) is 28.1. The van der Waals surface area contributed by atoms with Crippen molar-refractivity contribution in [3.63, 3.8) is 0 Å². The summed E-state index contributed by atoms with van der Waals surface area (Å²) in [5.74, 6) is 7.68. The zero-order valence-electron chi connectivity index (χ0n) is 8.40. The molecule has 0 heterocycles. The van der Waals surface area contributed by atoms with E-state index in [9.17, 15) is 4.79 Å². The Hall–Kier alpha value is -1.81. The number of hydrogen-bond donors (Lipinski definition) is 1. The van der Waals surface area contributed by atoms with Crippen LogP contribution in [0.2, 0.25) is 0 Å². The smallest absolute Gasteiger partial charge is 0.158 e. The Bertz CT molecular complexity index is 483. The molecule has 0 aromatic heterocycles. The lowest BCUT2D eigenvalue weighted by Gasteiger charge is -2.11. The molecule has 0 fully saturated rings. The van der Waals surface area contributed by atoms with Gasteiger partial charge in [0, 0.05) is 6.42 Å². The van der Waals surface area contributed by atoms with E-state index in [1.54, 1.807) is 0 Å². The number of rotatable bonds is 2. The molecule has 1 aliphatic rings. The lowest BCUT2D eigenvalue weighted by Crippen LogP contribution is -2.22. The molecule has 0 saturated heterocycles. The maximum absolute atomic E-state index is 10.6. The zero-order chi connectivity index (χ0) is 12.0. The van der Waals surface area contributed by atoms with Crippen LogP contribution in [0.15, 0.2) is 27.4 Å². The van der Waals surface area contributed by atoms with Crippen LogP contribution in [0, 0.1) is 24.2 Å². The van der Waals surface area contributed by atoms with E-state index >= 15 is 0 Å². The number of allylic oxidation sites excluding steroid dienone is 3. The van der Waals surface area contributed by atoms with Gasteiger partial charge < -0.3 is 5.73 Å². The van der Waals surface area contributed by atoms with Crippen LogP contribution in [-0.2, 0) is 4.79 Å². The van der Waals surface area contributed by atoms with E-state index < -0.39 is 6.04 Å². The van der Waals surface area contributed by atoms with Gasteiger partial charge in [-0.05, 0) is 6.08 Å². The highest BCUT2D eigenvalue weighted by molar-refractivity contribution is 6.32. The van der Waals surface area contributed by atoms with Gasteiger partial charge in [-0.2, -0.15) is 0 Å². The molecule has 0 bridgehead atoms. The number of carbonyl (C=O) groups excluding carboxylic acids is 1. The number of halogens is 1. The summed E-state index contributed by atoms with van der Waals surface area (Å²) >= 11 is 5.98. The fourth-order valence-corrected chi connectivity index (χ4v) is 1.42. The Labute approximate surface area is 99.1 Å². The SMILES string of the molecule is C#CC=N/C1=C(Cl)/C=C(/C=O)C#CCC1N. The molecular weight excluding hydrogens is 224 g/mol. The fourth-order valence-electron chi connectivity index (χ4n) is 1.11. The zero-order valence-corrected chi connectivity index (χ0v) is 9.16. The Balaban J connectivity index is 3.20. The van der Waals surface area contributed by atoms with Crippen LogP contribution >= 0.6 is 11.6 Å². The summed E-state index contributed by atoms with van der Waals surface area (Å²) in [7, 11) is 0. The first-order chi connectivity index (χ1) is 7.69. The van der Waals surface area contributed by atoms with E-state index in [0.717, 1.165) is 0 Å². The maximum atomic E-state index is 10.6. The third kappa shape index (κ3) is 3.10. The second kappa shape index (κ2) is 5.92. The van der Waals surface area contributed by atoms with Crippen molar-refractivity contribution in [1.29, 1.82) is 0 Å². The first-order valence-corrected chi connectivity index (χ1v) is 4.86. The van der Waals surface area contributed by atoms with E-state index in [1.165, 1.54) is 12.3 Å². The summed E-state index contributed by atoms with van der Waals surface area (Å²) in [6, 6.07) is -0.408. The first kappa shape index (κ1) is 12.3. The van der Waals surface area contributed by atoms with Gasteiger partial charge in [0.1, 0.15) is 0 Å². The monoisotopic (exact) mass is 232 g/mol. The van der Waals surface area contributed by atoms with Crippen LogP contribution in [0.4, 0.5) is 0 Å². The second-order valence-corrected chi connectivity index (χ2v) is 3.40. The Morgan fingerprint density at radius 1 is 1.75 bits per heavy atom. The highest BCUT2D eigenvalue weighted by Crippen LogP contribution is 2.19. The molecule has 0 aliphatic heterocycles. The van der Waals surface area contributed by atoms with Crippen molar-refractivity contribution >= 4 is 24.1 Å². The van der Waals surface area contributed by atoms with Crippen LogP contribution in [0.25, 0.3) is 0 Å². The summed E-state index contributed by atoms with van der Waals surface area (Å²) in [5, 5.41) is 0.287. The van der Waals surface area contributed by atoms with Crippen molar-refractivity contribution in [3.05, 3.63) is 22.4 Å². The average Bonchev–Trinajstić information content (AvgIpc) is 2.26. The number of aldehydes is 1. The van der Waals surface area contributed by atoms with E-state index in [0.29, 0.717) is 24.0 Å². The van der Waals surface area contributed by atoms with Gasteiger partial charge in [-0.25, -0.2) is 4.99 Å². The quantitative estimate of drug-likeness (QED) is 0.439. The van der Waals surface area contributed by atoms with Crippen molar-refractivity contribution in [1.82, 2.24) is 0 Å². The summed E-state index contributed by atoms with van der Waals surface area (Å²) in [6.45, 7) is 0. The van der Waals surface area contributed by atoms with Gasteiger partial charge in [-0.3, -0.25) is 4.79 Å². The minimum absolute atomic E-state index is 0.287. The number of nitrogens with two attached hydrogens (primary N) is 1. The fraction of sp³-hybridized carbons (Fsp3) is 0.167. The van der Waals surface area contributed by atoms with Crippen molar-refractivity contribution in [2.75, 3.05) is 0 Å². The molecule has 1 atom stereocenters. The largest absolute Gasteiger partial charge is 0.322 e. The highest BCUT2D eigenvalue weighted by atomic mass is 35.5. The van der Waals surface area contributed by atoms with Gasteiger partial charge >= 0.3 is 0 Å². The molecular formula is C12H9ClN2O. The number of terminal acetylenes is 1. The van der Waals surface area contributed by atoms with Gasteiger partial charge in [0.2, 0.25) is 0 Å². The maximum Gasteiger partial charge on any atom is 0.158 e. The molecule has 0 amide bonds. The minimum Gasteiger partial charge on any atom is -0.322 e. The van der Waals surface area contributed by atoms with E-state index in [4.69, 9.17) is 23.8 Å². The predicted molar refractivity (Wildman–Crippen MR) is 64.7 cm³/mol. The Morgan fingerprint density at radius 3 is 3.12 bits per heavy atom. The van der Waals surface area contributed by atoms with Gasteiger partial charge in [0.05, 0.1) is 28.6 Å². The molecule has 0 spiro atoms. The van der Waals surface area contributed by atoms with E-state index in [-0.39, 0.29) is 5.03 Å². The van der Waals surface area contributed by atoms with Crippen LogP contribution in [0.5, 0.6) is 0 Å². The molecule has 0 aromatic rings. The second-order valence-electron chi connectivity index (χ2n) is 2.99. The van der Waals surface area contributed by atoms with Crippen LogP contribution in [0.1, 0.15) is 6.42 Å². The molecule has 80 valence electrons. The summed E-state index contributed by atoms with van der Waals surface area (Å²) in [4.78, 5) is 14.6. The van der Waals surface area contributed by atoms with Gasteiger partial charge in [-0.1, -0.05) is 29.4 Å². The average molecular weight is 233 g/mol. The van der Waals surface area contributed by atoms with Gasteiger partial charge in [0.25, 0.3) is 0 Å². The topological polar surface area (TPSA) is 55.5 Å². The van der Waals surface area contributed by atoms with Crippen molar-refractivity contribution in [3.8, 4) is 24.2 Å². The van der Waals surface area contributed by atoms with Crippen molar-refractivity contribution < 1.29 is 4.79 Å². The van der Waals surface area contributed by atoms with Crippen LogP contribution in [-0.4, -0.2) is 18.5 Å². The molecule has 1 unspecified atom stereocenters. The number of carbonyl (C=O) groups is 1. The molecule has 4 heteroatoms. The number of nitrogens with zero attached hydrogens (tertiary/aromatic N) is 1. The number of hydrogen-bond acceptors (Lipinski definition) is 3. The summed E-state index contributed by atoms with van der Waals surface area (Å²) in [5.41, 5.74) is 6.56. The molecule has 0 radical (unpaired) electrons. The molecule has 0 saturated carbocycles. The first-order valence-electron chi connectivity index (χ1n) is 4.48. The molecule has 1 aliphatic carbocycles. The lowest BCUT2D eigenvalue weighted by atomic mass is 10.1. The van der Waals surface area contributed by atoms with Crippen LogP contribution < -0.4 is 5.73 Å². The molecule has 2 N–H and O–H groups in total. The predicted octanol–water partition coefficient (Wildman–Crippen LogP) is 1.00. The molecule has 1 rings (SSSR count). The highest BCUT2D eigenvalue weighted by Gasteiger charge is 2.12.